The molecule has 0 saturated heterocycles. The zero-order valence-electron chi connectivity index (χ0n) is 13.0. The molecule has 1 atom stereocenters. The molecule has 1 aliphatic heterocycles. The van der Waals surface area contributed by atoms with E-state index >= 15 is 0 Å². The van der Waals surface area contributed by atoms with Gasteiger partial charge >= 0.3 is 0 Å². The number of alkyl halides is 1. The Hall–Kier alpha value is -1.29. The molecule has 1 saturated carbocycles. The van der Waals surface area contributed by atoms with Gasteiger partial charge in [0.15, 0.2) is 11.5 Å². The van der Waals surface area contributed by atoms with Crippen LogP contribution in [0.25, 0.3) is 0 Å². The molecule has 3 nitrogen and oxygen atoms in total. The highest BCUT2D eigenvalue weighted by molar-refractivity contribution is 5.54. The summed E-state index contributed by atoms with van der Waals surface area (Å²) in [4.78, 5) is 0. The summed E-state index contributed by atoms with van der Waals surface area (Å²) in [5.74, 6) is 1.37. The molecule has 1 aromatic rings. The molecular formula is C17H24FNO2. The summed E-state index contributed by atoms with van der Waals surface area (Å²) in [7, 11) is 0. The monoisotopic (exact) mass is 293 g/mol. The molecule has 2 aliphatic rings. The van der Waals surface area contributed by atoms with Crippen molar-refractivity contribution in [1.29, 1.82) is 0 Å². The van der Waals surface area contributed by atoms with Gasteiger partial charge in [-0.25, -0.2) is 4.39 Å². The molecule has 2 N–H and O–H groups in total. The topological polar surface area (TPSA) is 44.5 Å². The molecule has 0 amide bonds. The fourth-order valence-corrected chi connectivity index (χ4v) is 3.22. The van der Waals surface area contributed by atoms with Crippen LogP contribution in [0.1, 0.15) is 51.2 Å². The van der Waals surface area contributed by atoms with Gasteiger partial charge in [-0.15, -0.1) is 0 Å². The van der Waals surface area contributed by atoms with Gasteiger partial charge in [-0.1, -0.05) is 0 Å². The first kappa shape index (κ1) is 14.6. The predicted molar refractivity (Wildman–Crippen MR) is 80.7 cm³/mol. The smallest absolute Gasteiger partial charge is 0.161 e. The van der Waals surface area contributed by atoms with Crippen molar-refractivity contribution in [3.63, 3.8) is 0 Å². The Morgan fingerprint density at radius 1 is 1.19 bits per heavy atom. The van der Waals surface area contributed by atoms with Gasteiger partial charge in [-0.05, 0) is 56.9 Å². The molecule has 0 radical (unpaired) electrons. The highest BCUT2D eigenvalue weighted by atomic mass is 19.1. The number of nitrogens with two attached hydrogens (primary N) is 1. The lowest BCUT2D eigenvalue weighted by molar-refractivity contribution is 0.216. The molecule has 1 aromatic carbocycles. The van der Waals surface area contributed by atoms with Crippen LogP contribution < -0.4 is 15.2 Å². The van der Waals surface area contributed by atoms with Crippen molar-refractivity contribution < 1.29 is 13.9 Å². The number of fused-ring (bicyclic) bond motifs is 1. The third-order valence-corrected chi connectivity index (χ3v) is 4.72. The van der Waals surface area contributed by atoms with E-state index in [1.807, 2.05) is 19.1 Å². The summed E-state index contributed by atoms with van der Waals surface area (Å²) < 4.78 is 26.2. The Bertz CT molecular complexity index is 544. The van der Waals surface area contributed by atoms with Crippen LogP contribution in [0.4, 0.5) is 4.39 Å². The van der Waals surface area contributed by atoms with Gasteiger partial charge in [0.25, 0.3) is 0 Å². The normalized spacial score (nSPS) is 21.6. The lowest BCUT2D eigenvalue weighted by Crippen LogP contribution is -2.33. The Morgan fingerprint density at radius 2 is 1.76 bits per heavy atom. The van der Waals surface area contributed by atoms with Crippen LogP contribution in [0.15, 0.2) is 12.1 Å². The van der Waals surface area contributed by atoms with Crippen molar-refractivity contribution in [2.45, 2.75) is 57.2 Å². The number of ether oxygens (including phenoxy) is 2. The molecular weight excluding hydrogens is 269 g/mol. The number of hydrogen-bond donors (Lipinski definition) is 1. The van der Waals surface area contributed by atoms with Crippen LogP contribution in [-0.4, -0.2) is 19.3 Å². The van der Waals surface area contributed by atoms with Crippen LogP contribution in [0.2, 0.25) is 0 Å². The highest BCUT2D eigenvalue weighted by Crippen LogP contribution is 2.55. The van der Waals surface area contributed by atoms with E-state index in [-0.39, 0.29) is 11.5 Å². The zero-order valence-corrected chi connectivity index (χ0v) is 13.0. The lowest BCUT2D eigenvalue weighted by atomic mass is 9.81. The maximum atomic E-state index is 14.7. The lowest BCUT2D eigenvalue weighted by Gasteiger charge is -2.28. The quantitative estimate of drug-likeness (QED) is 0.928. The molecule has 4 heteroatoms. The van der Waals surface area contributed by atoms with Crippen molar-refractivity contribution in [1.82, 2.24) is 0 Å². The van der Waals surface area contributed by atoms with Gasteiger partial charge in [0.2, 0.25) is 0 Å². The average Bonchev–Trinajstić information content (AvgIpc) is 3.20. The van der Waals surface area contributed by atoms with Gasteiger partial charge in [0.1, 0.15) is 5.67 Å². The van der Waals surface area contributed by atoms with Crippen molar-refractivity contribution >= 4 is 0 Å². The van der Waals surface area contributed by atoms with Gasteiger partial charge in [0, 0.05) is 17.9 Å². The van der Waals surface area contributed by atoms with Gasteiger partial charge in [-0.3, -0.25) is 0 Å². The predicted octanol–water partition coefficient (Wildman–Crippen LogP) is 3.43. The third kappa shape index (κ3) is 2.50. The fourth-order valence-electron chi connectivity index (χ4n) is 3.22. The number of rotatable bonds is 3. The standard InChI is InChI=1S/C17H24FNO2/c1-11(19)17(5-6-17)13-10-15-14(20-7-4-8-21-15)9-12(13)16(2,3)18/h9-11H,4-8,19H2,1-3H3. The van der Waals surface area contributed by atoms with E-state index in [4.69, 9.17) is 15.2 Å². The largest absolute Gasteiger partial charge is 0.490 e. The molecule has 0 spiro atoms. The minimum Gasteiger partial charge on any atom is -0.490 e. The Labute approximate surface area is 125 Å². The maximum absolute atomic E-state index is 14.7. The maximum Gasteiger partial charge on any atom is 0.161 e. The highest BCUT2D eigenvalue weighted by Gasteiger charge is 2.50. The first-order valence-corrected chi connectivity index (χ1v) is 7.74. The zero-order chi connectivity index (χ0) is 15.3. The second-order valence-electron chi connectivity index (χ2n) is 6.81. The average molecular weight is 293 g/mol. The molecule has 3 rings (SSSR count). The van der Waals surface area contributed by atoms with Crippen LogP contribution in [-0.2, 0) is 11.1 Å². The molecule has 0 bridgehead atoms. The van der Waals surface area contributed by atoms with Crippen molar-refractivity contribution in [2.75, 3.05) is 13.2 Å². The summed E-state index contributed by atoms with van der Waals surface area (Å²) in [6.07, 6.45) is 2.86. The van der Waals surface area contributed by atoms with E-state index in [9.17, 15) is 4.39 Å². The first-order valence-electron chi connectivity index (χ1n) is 7.74. The summed E-state index contributed by atoms with van der Waals surface area (Å²) in [5, 5.41) is 0. The second-order valence-corrected chi connectivity index (χ2v) is 6.81. The Balaban J connectivity index is 2.15. The molecule has 1 aliphatic carbocycles. The van der Waals surface area contributed by atoms with Crippen molar-refractivity contribution in [3.05, 3.63) is 23.3 Å². The van der Waals surface area contributed by atoms with Crippen LogP contribution >= 0.6 is 0 Å². The van der Waals surface area contributed by atoms with Crippen LogP contribution in [0.3, 0.4) is 0 Å². The van der Waals surface area contributed by atoms with E-state index in [0.717, 1.165) is 30.6 Å². The number of benzene rings is 1. The third-order valence-electron chi connectivity index (χ3n) is 4.72. The summed E-state index contributed by atoms with van der Waals surface area (Å²) in [5.41, 5.74) is 6.33. The SMILES string of the molecule is CC(N)C1(c2cc3c(cc2C(C)(C)F)OCCCO3)CC1. The van der Waals surface area contributed by atoms with E-state index in [2.05, 4.69) is 0 Å². The van der Waals surface area contributed by atoms with E-state index in [0.29, 0.717) is 24.5 Å². The van der Waals surface area contributed by atoms with Crippen molar-refractivity contribution in [3.8, 4) is 11.5 Å². The number of hydrogen-bond acceptors (Lipinski definition) is 3. The minimum absolute atomic E-state index is 0.00310. The van der Waals surface area contributed by atoms with E-state index in [1.54, 1.807) is 13.8 Å². The molecule has 1 unspecified atom stereocenters. The van der Waals surface area contributed by atoms with Crippen LogP contribution in [0.5, 0.6) is 11.5 Å². The van der Waals surface area contributed by atoms with E-state index in [1.165, 1.54) is 0 Å². The van der Waals surface area contributed by atoms with Gasteiger partial charge in [-0.2, -0.15) is 0 Å². The summed E-state index contributed by atoms with van der Waals surface area (Å²) in [6.45, 7) is 6.43. The van der Waals surface area contributed by atoms with Crippen LogP contribution in [0, 0.1) is 0 Å². The van der Waals surface area contributed by atoms with Gasteiger partial charge in [0.05, 0.1) is 13.2 Å². The van der Waals surface area contributed by atoms with Gasteiger partial charge < -0.3 is 15.2 Å². The summed E-state index contributed by atoms with van der Waals surface area (Å²) >= 11 is 0. The molecule has 1 fully saturated rings. The molecule has 1 heterocycles. The molecule has 0 aromatic heterocycles. The number of halogens is 1. The Morgan fingerprint density at radius 3 is 2.24 bits per heavy atom. The second kappa shape index (κ2) is 4.87. The molecule has 116 valence electrons. The minimum atomic E-state index is -1.43. The molecule has 21 heavy (non-hydrogen) atoms. The summed E-state index contributed by atoms with van der Waals surface area (Å²) in [6, 6.07) is 3.79. The Kier molecular flexibility index (Phi) is 3.40. The fraction of sp³-hybridized carbons (Fsp3) is 0.647. The first-order chi connectivity index (χ1) is 9.84. The van der Waals surface area contributed by atoms with Crippen molar-refractivity contribution in [2.24, 2.45) is 5.73 Å². The van der Waals surface area contributed by atoms with E-state index < -0.39 is 5.67 Å².